The third kappa shape index (κ3) is 5.03. The van der Waals surface area contributed by atoms with E-state index in [1.807, 2.05) is 0 Å². The zero-order valence-electron chi connectivity index (χ0n) is 22.3. The molecular formula is C27H36O13. The number of aliphatic hydroxyl groups excluding tert-OH is 6. The molecule has 0 saturated carbocycles. The van der Waals surface area contributed by atoms with Crippen molar-refractivity contribution in [1.29, 1.82) is 0 Å². The summed E-state index contributed by atoms with van der Waals surface area (Å²) in [5.74, 6) is -1.66. The molecule has 4 rings (SSSR count). The van der Waals surface area contributed by atoms with E-state index >= 15 is 0 Å². The predicted octanol–water partition coefficient (Wildman–Crippen LogP) is -1.38. The van der Waals surface area contributed by atoms with Gasteiger partial charge in [0, 0.05) is 30.4 Å². The van der Waals surface area contributed by atoms with Crippen molar-refractivity contribution in [3.8, 4) is 28.7 Å². The molecule has 1 saturated heterocycles. The number of phenolic OH excluding ortho intramolecular Hbond substituents is 1. The SMILES string of the molecule is COc1cc(C2c3c(cc(OC)c(O[C@@H]4O[C@H](CO)[C@@H](O)[C@H](O)[C@H]4O)c3OC)CC(O)(CO)C2CO)ccc1O. The number of phenols is 1. The van der Waals surface area contributed by atoms with E-state index in [4.69, 9.17) is 23.7 Å². The summed E-state index contributed by atoms with van der Waals surface area (Å²) in [6.45, 7) is -1.87. The summed E-state index contributed by atoms with van der Waals surface area (Å²) < 4.78 is 28.1. The monoisotopic (exact) mass is 568 g/mol. The summed E-state index contributed by atoms with van der Waals surface area (Å²) in [7, 11) is 4.07. The van der Waals surface area contributed by atoms with Gasteiger partial charge in [0.15, 0.2) is 23.0 Å². The number of hydrogen-bond donors (Lipinski definition) is 8. The van der Waals surface area contributed by atoms with Crippen molar-refractivity contribution in [2.75, 3.05) is 41.2 Å². The van der Waals surface area contributed by atoms with Crippen LogP contribution in [0.5, 0.6) is 28.7 Å². The molecule has 13 nitrogen and oxygen atoms in total. The average Bonchev–Trinajstić information content (AvgIpc) is 2.96. The standard InChI is InChI=1S/C27H36O13/c1-36-16-6-12(4-5-15(16)31)19-14(9-28)27(35,11-30)8-13-7-17(37-2)24(25(38-3)20(13)19)40-26-23(34)22(33)21(32)18(10-29)39-26/h4-7,14,18-19,21-23,26,28-35H,8-11H2,1-3H3/t14?,18-,19?,21-,22+,23-,26+,27?/m1/s1. The first-order chi connectivity index (χ1) is 19.1. The van der Waals surface area contributed by atoms with Crippen LogP contribution in [-0.4, -0.2) is 118 Å². The summed E-state index contributed by atoms with van der Waals surface area (Å²) in [6, 6.07) is 6.07. The number of methoxy groups -OCH3 is 3. The maximum absolute atomic E-state index is 11.5. The molecule has 0 bridgehead atoms. The second-order valence-corrected chi connectivity index (χ2v) is 9.97. The van der Waals surface area contributed by atoms with Gasteiger partial charge >= 0.3 is 0 Å². The quantitative estimate of drug-likeness (QED) is 0.176. The first kappa shape index (κ1) is 30.1. The number of ether oxygens (including phenoxy) is 5. The van der Waals surface area contributed by atoms with Crippen LogP contribution < -0.4 is 18.9 Å². The fourth-order valence-corrected chi connectivity index (χ4v) is 5.62. The number of aromatic hydroxyl groups is 1. The Hall–Kier alpha value is -2.88. The summed E-state index contributed by atoms with van der Waals surface area (Å²) in [4.78, 5) is 0. The number of fused-ring (bicyclic) bond motifs is 1. The first-order valence-electron chi connectivity index (χ1n) is 12.6. The fourth-order valence-electron chi connectivity index (χ4n) is 5.62. The molecule has 1 fully saturated rings. The molecule has 0 spiro atoms. The first-order valence-corrected chi connectivity index (χ1v) is 12.6. The lowest BCUT2D eigenvalue weighted by atomic mass is 9.64. The average molecular weight is 569 g/mol. The Morgan fingerprint density at radius 2 is 1.57 bits per heavy atom. The van der Waals surface area contributed by atoms with Gasteiger partial charge < -0.3 is 64.5 Å². The molecule has 13 heteroatoms. The molecule has 3 unspecified atom stereocenters. The summed E-state index contributed by atoms with van der Waals surface area (Å²) >= 11 is 0. The van der Waals surface area contributed by atoms with Crippen LogP contribution in [0.15, 0.2) is 24.3 Å². The highest BCUT2D eigenvalue weighted by molar-refractivity contribution is 5.64. The van der Waals surface area contributed by atoms with Crippen molar-refractivity contribution in [2.24, 2.45) is 5.92 Å². The van der Waals surface area contributed by atoms with E-state index in [1.54, 1.807) is 12.1 Å². The molecule has 0 aromatic heterocycles. The largest absolute Gasteiger partial charge is 0.504 e. The lowest BCUT2D eigenvalue weighted by Crippen LogP contribution is -2.60. The molecule has 0 amide bonds. The van der Waals surface area contributed by atoms with Crippen molar-refractivity contribution >= 4 is 0 Å². The molecule has 8 N–H and O–H groups in total. The molecule has 8 atom stereocenters. The van der Waals surface area contributed by atoms with Crippen LogP contribution in [0.4, 0.5) is 0 Å². The van der Waals surface area contributed by atoms with E-state index in [9.17, 15) is 40.9 Å². The zero-order chi connectivity index (χ0) is 29.4. The Bertz CT molecular complexity index is 1190. The van der Waals surface area contributed by atoms with Crippen LogP contribution in [0.3, 0.4) is 0 Å². The van der Waals surface area contributed by atoms with Crippen LogP contribution in [-0.2, 0) is 11.2 Å². The van der Waals surface area contributed by atoms with Crippen molar-refractivity contribution in [3.63, 3.8) is 0 Å². The van der Waals surface area contributed by atoms with E-state index in [-0.39, 0.29) is 35.2 Å². The molecule has 1 heterocycles. The van der Waals surface area contributed by atoms with Gasteiger partial charge in [0.05, 0.1) is 40.1 Å². The minimum atomic E-state index is -1.76. The normalized spacial score (nSPS) is 31.8. The third-order valence-corrected chi connectivity index (χ3v) is 7.77. The number of aliphatic hydroxyl groups is 7. The van der Waals surface area contributed by atoms with Crippen LogP contribution in [0, 0.1) is 5.92 Å². The minimum Gasteiger partial charge on any atom is -0.504 e. The Kier molecular flexibility index (Phi) is 8.97. The zero-order valence-corrected chi connectivity index (χ0v) is 22.3. The van der Waals surface area contributed by atoms with Gasteiger partial charge in [-0.3, -0.25) is 0 Å². The number of hydrogen-bond acceptors (Lipinski definition) is 13. The third-order valence-electron chi connectivity index (χ3n) is 7.77. The van der Waals surface area contributed by atoms with Gasteiger partial charge in [-0.05, 0) is 29.3 Å². The van der Waals surface area contributed by atoms with Crippen LogP contribution >= 0.6 is 0 Å². The van der Waals surface area contributed by atoms with Crippen LogP contribution in [0.2, 0.25) is 0 Å². The van der Waals surface area contributed by atoms with Gasteiger partial charge in [-0.2, -0.15) is 0 Å². The lowest BCUT2D eigenvalue weighted by Gasteiger charge is -2.45. The highest BCUT2D eigenvalue weighted by atomic mass is 16.7. The van der Waals surface area contributed by atoms with E-state index in [0.29, 0.717) is 16.7 Å². The summed E-state index contributed by atoms with van der Waals surface area (Å²) in [6.07, 6.45) is -7.89. The van der Waals surface area contributed by atoms with Gasteiger partial charge in [0.25, 0.3) is 0 Å². The van der Waals surface area contributed by atoms with Gasteiger partial charge in [-0.25, -0.2) is 0 Å². The highest BCUT2D eigenvalue weighted by Crippen LogP contribution is 2.55. The van der Waals surface area contributed by atoms with E-state index in [2.05, 4.69) is 0 Å². The Labute approximate surface area is 230 Å². The van der Waals surface area contributed by atoms with Crippen molar-refractivity contribution in [1.82, 2.24) is 0 Å². The fraction of sp³-hybridized carbons (Fsp3) is 0.556. The second kappa shape index (κ2) is 11.9. The molecule has 40 heavy (non-hydrogen) atoms. The Balaban J connectivity index is 1.93. The van der Waals surface area contributed by atoms with Crippen molar-refractivity contribution < 1.29 is 64.5 Å². The highest BCUT2D eigenvalue weighted by Gasteiger charge is 2.50. The van der Waals surface area contributed by atoms with Gasteiger partial charge in [-0.1, -0.05) is 6.07 Å². The van der Waals surface area contributed by atoms with E-state index < -0.39 is 68.0 Å². The maximum atomic E-state index is 11.5. The molecule has 1 aliphatic heterocycles. The van der Waals surface area contributed by atoms with Crippen molar-refractivity contribution in [3.05, 3.63) is 41.0 Å². The predicted molar refractivity (Wildman–Crippen MR) is 137 cm³/mol. The molecule has 1 aliphatic carbocycles. The van der Waals surface area contributed by atoms with Gasteiger partial charge in [0.1, 0.15) is 24.4 Å². The topological polar surface area (TPSA) is 208 Å². The Morgan fingerprint density at radius 1 is 0.875 bits per heavy atom. The van der Waals surface area contributed by atoms with Gasteiger partial charge in [0.2, 0.25) is 12.0 Å². The smallest absolute Gasteiger partial charge is 0.229 e. The van der Waals surface area contributed by atoms with Gasteiger partial charge in [-0.15, -0.1) is 0 Å². The molecule has 2 aromatic rings. The van der Waals surface area contributed by atoms with Crippen LogP contribution in [0.1, 0.15) is 22.6 Å². The van der Waals surface area contributed by atoms with Crippen LogP contribution in [0.25, 0.3) is 0 Å². The molecular weight excluding hydrogens is 532 g/mol. The molecule has 222 valence electrons. The van der Waals surface area contributed by atoms with Crippen molar-refractivity contribution in [2.45, 2.75) is 48.6 Å². The minimum absolute atomic E-state index is 0.0602. The number of rotatable bonds is 9. The number of benzene rings is 2. The summed E-state index contributed by atoms with van der Waals surface area (Å²) in [5, 5.41) is 82.9. The maximum Gasteiger partial charge on any atom is 0.229 e. The lowest BCUT2D eigenvalue weighted by molar-refractivity contribution is -0.277. The molecule has 0 radical (unpaired) electrons. The molecule has 2 aromatic carbocycles. The second-order valence-electron chi connectivity index (χ2n) is 9.97. The Morgan fingerprint density at radius 3 is 2.15 bits per heavy atom. The molecule has 2 aliphatic rings. The van der Waals surface area contributed by atoms with E-state index in [1.165, 1.54) is 33.5 Å². The van der Waals surface area contributed by atoms with E-state index in [0.717, 1.165) is 0 Å². The summed E-state index contributed by atoms with van der Waals surface area (Å²) in [5.41, 5.74) is -0.308.